The van der Waals surface area contributed by atoms with Gasteiger partial charge in [-0.3, -0.25) is 4.79 Å². The number of Topliss-reactive ketones (excluding diaryl/α,β-unsaturated/α-hetero) is 1. The first-order chi connectivity index (χ1) is 12.8. The standard InChI is InChI=1S/C23H27NO3/c1-6-7-10-18-16(2)17-11-8-9-12-19(17)20(18)15-27-22(26)24-14-13-21(25)23(3,4)5/h1,7-12,20H,13-15H2,2-5H3,(H,24,26)/b10-7-. The molecule has 1 aliphatic rings. The van der Waals surface area contributed by atoms with Crippen LogP contribution in [0.1, 0.15) is 51.2 Å². The van der Waals surface area contributed by atoms with Gasteiger partial charge >= 0.3 is 6.09 Å². The van der Waals surface area contributed by atoms with E-state index < -0.39 is 11.5 Å². The van der Waals surface area contributed by atoms with E-state index in [-0.39, 0.29) is 24.9 Å². The molecule has 27 heavy (non-hydrogen) atoms. The monoisotopic (exact) mass is 365 g/mol. The van der Waals surface area contributed by atoms with Crippen molar-refractivity contribution in [1.29, 1.82) is 0 Å². The highest BCUT2D eigenvalue weighted by molar-refractivity contribution is 5.84. The summed E-state index contributed by atoms with van der Waals surface area (Å²) in [6.07, 6.45) is 8.70. The van der Waals surface area contributed by atoms with Crippen molar-refractivity contribution in [2.24, 2.45) is 5.41 Å². The van der Waals surface area contributed by atoms with E-state index in [1.807, 2.05) is 52.0 Å². The lowest BCUT2D eigenvalue weighted by Crippen LogP contribution is -2.30. The number of carbonyl (C=O) groups excluding carboxylic acids is 2. The van der Waals surface area contributed by atoms with Gasteiger partial charge in [-0.15, -0.1) is 6.42 Å². The minimum absolute atomic E-state index is 0.0484. The number of amides is 1. The third-order valence-electron chi connectivity index (χ3n) is 4.75. The Bertz CT molecular complexity index is 819. The first kappa shape index (κ1) is 20.5. The number of alkyl carbamates (subject to hydrolysis) is 1. The minimum Gasteiger partial charge on any atom is -0.449 e. The lowest BCUT2D eigenvalue weighted by molar-refractivity contribution is -0.126. The fourth-order valence-electron chi connectivity index (χ4n) is 3.15. The highest BCUT2D eigenvalue weighted by Gasteiger charge is 2.28. The Morgan fingerprint density at radius 2 is 2.00 bits per heavy atom. The second-order valence-electron chi connectivity index (χ2n) is 7.67. The zero-order valence-electron chi connectivity index (χ0n) is 16.5. The first-order valence-electron chi connectivity index (χ1n) is 9.12. The van der Waals surface area contributed by atoms with E-state index in [1.165, 1.54) is 0 Å². The van der Waals surface area contributed by atoms with Crippen LogP contribution in [0.4, 0.5) is 4.79 Å². The van der Waals surface area contributed by atoms with E-state index >= 15 is 0 Å². The summed E-state index contributed by atoms with van der Waals surface area (Å²) < 4.78 is 5.43. The molecule has 1 amide bonds. The SMILES string of the molecule is C#C/C=C\C1=C(C)c2ccccc2C1COC(=O)NCCC(=O)C(C)(C)C. The number of fused-ring (bicyclic) bond motifs is 1. The second-order valence-corrected chi connectivity index (χ2v) is 7.67. The second kappa shape index (κ2) is 8.73. The molecule has 4 heteroatoms. The van der Waals surface area contributed by atoms with Crippen molar-refractivity contribution < 1.29 is 14.3 Å². The summed E-state index contributed by atoms with van der Waals surface area (Å²) in [4.78, 5) is 23.9. The summed E-state index contributed by atoms with van der Waals surface area (Å²) >= 11 is 0. The third kappa shape index (κ3) is 5.10. The Kier molecular flexibility index (Phi) is 6.63. The molecule has 1 aromatic carbocycles. The number of hydrogen-bond acceptors (Lipinski definition) is 3. The van der Waals surface area contributed by atoms with Crippen LogP contribution in [0.2, 0.25) is 0 Å². The van der Waals surface area contributed by atoms with Crippen molar-refractivity contribution in [2.45, 2.75) is 40.0 Å². The van der Waals surface area contributed by atoms with Crippen molar-refractivity contribution in [3.63, 3.8) is 0 Å². The number of nitrogens with one attached hydrogen (secondary N) is 1. The van der Waals surface area contributed by atoms with Crippen molar-refractivity contribution >= 4 is 17.4 Å². The molecule has 0 saturated heterocycles. The van der Waals surface area contributed by atoms with Crippen LogP contribution >= 0.6 is 0 Å². The number of ketones is 1. The smallest absolute Gasteiger partial charge is 0.407 e. The van der Waals surface area contributed by atoms with E-state index in [1.54, 1.807) is 6.08 Å². The summed E-state index contributed by atoms with van der Waals surface area (Å²) in [7, 11) is 0. The number of allylic oxidation sites excluding steroid dienone is 3. The van der Waals surface area contributed by atoms with Gasteiger partial charge in [-0.05, 0) is 41.3 Å². The maximum Gasteiger partial charge on any atom is 0.407 e. The maximum atomic E-state index is 12.0. The summed E-state index contributed by atoms with van der Waals surface area (Å²) in [5, 5.41) is 2.65. The Labute approximate surface area is 161 Å². The van der Waals surface area contributed by atoms with Gasteiger partial charge in [0, 0.05) is 24.3 Å². The highest BCUT2D eigenvalue weighted by Crippen LogP contribution is 2.42. The number of terminal acetylenes is 1. The van der Waals surface area contributed by atoms with E-state index in [0.717, 1.165) is 22.3 Å². The average molecular weight is 365 g/mol. The Morgan fingerprint density at radius 3 is 2.67 bits per heavy atom. The molecule has 0 aromatic heterocycles. The van der Waals surface area contributed by atoms with Crippen molar-refractivity contribution in [1.82, 2.24) is 5.32 Å². The van der Waals surface area contributed by atoms with E-state index in [2.05, 4.69) is 17.3 Å². The van der Waals surface area contributed by atoms with Gasteiger partial charge in [-0.2, -0.15) is 0 Å². The van der Waals surface area contributed by atoms with Gasteiger partial charge in [0.05, 0.1) is 0 Å². The van der Waals surface area contributed by atoms with Gasteiger partial charge in [-0.1, -0.05) is 51.0 Å². The zero-order chi connectivity index (χ0) is 20.0. The van der Waals surface area contributed by atoms with Gasteiger partial charge in [0.15, 0.2) is 0 Å². The molecule has 2 rings (SSSR count). The summed E-state index contributed by atoms with van der Waals surface area (Å²) in [6.45, 7) is 8.14. The fourth-order valence-corrected chi connectivity index (χ4v) is 3.15. The number of benzene rings is 1. The molecule has 1 aliphatic carbocycles. The van der Waals surface area contributed by atoms with Crippen molar-refractivity contribution in [3.05, 3.63) is 53.1 Å². The molecule has 142 valence electrons. The van der Waals surface area contributed by atoms with Crippen LogP contribution in [0, 0.1) is 17.8 Å². The summed E-state index contributed by atoms with van der Waals surface area (Å²) in [6, 6.07) is 8.08. The lowest BCUT2D eigenvalue weighted by atomic mass is 9.89. The van der Waals surface area contributed by atoms with Crippen LogP contribution in [-0.4, -0.2) is 25.0 Å². The van der Waals surface area contributed by atoms with E-state index in [4.69, 9.17) is 11.2 Å². The van der Waals surface area contributed by atoms with Gasteiger partial charge in [-0.25, -0.2) is 4.79 Å². The Balaban J connectivity index is 1.97. The van der Waals surface area contributed by atoms with Crippen molar-refractivity contribution in [3.8, 4) is 12.3 Å². The molecule has 0 saturated carbocycles. The van der Waals surface area contributed by atoms with Crippen LogP contribution in [0.25, 0.3) is 5.57 Å². The molecule has 1 atom stereocenters. The third-order valence-corrected chi connectivity index (χ3v) is 4.75. The molecule has 0 fully saturated rings. The Morgan fingerprint density at radius 1 is 1.30 bits per heavy atom. The lowest BCUT2D eigenvalue weighted by Gasteiger charge is -2.17. The molecular weight excluding hydrogens is 338 g/mol. The number of rotatable bonds is 6. The zero-order valence-corrected chi connectivity index (χ0v) is 16.5. The van der Waals surface area contributed by atoms with E-state index in [9.17, 15) is 9.59 Å². The number of hydrogen-bond donors (Lipinski definition) is 1. The molecule has 1 N–H and O–H groups in total. The largest absolute Gasteiger partial charge is 0.449 e. The summed E-state index contributed by atoms with van der Waals surface area (Å²) in [5.41, 5.74) is 4.08. The summed E-state index contributed by atoms with van der Waals surface area (Å²) in [5.74, 6) is 2.57. The molecule has 0 radical (unpaired) electrons. The quantitative estimate of drug-likeness (QED) is 0.756. The predicted octanol–water partition coefficient (Wildman–Crippen LogP) is 4.48. The topological polar surface area (TPSA) is 55.4 Å². The Hall–Kier alpha value is -2.80. The molecule has 1 unspecified atom stereocenters. The fraction of sp³-hybridized carbons (Fsp3) is 0.391. The average Bonchev–Trinajstić information content (AvgIpc) is 2.89. The predicted molar refractivity (Wildman–Crippen MR) is 108 cm³/mol. The van der Waals surface area contributed by atoms with Gasteiger partial charge in [0.1, 0.15) is 12.4 Å². The maximum absolute atomic E-state index is 12.0. The molecule has 4 nitrogen and oxygen atoms in total. The van der Waals surface area contributed by atoms with Crippen molar-refractivity contribution in [2.75, 3.05) is 13.2 Å². The number of ether oxygens (including phenoxy) is 1. The van der Waals surface area contributed by atoms with Crippen LogP contribution in [0.15, 0.2) is 42.0 Å². The first-order valence-corrected chi connectivity index (χ1v) is 9.12. The molecular formula is C23H27NO3. The molecule has 1 aromatic rings. The highest BCUT2D eigenvalue weighted by atomic mass is 16.5. The molecule has 0 aliphatic heterocycles. The van der Waals surface area contributed by atoms with Crippen LogP contribution < -0.4 is 5.32 Å². The number of carbonyl (C=O) groups is 2. The van der Waals surface area contributed by atoms with Gasteiger partial charge < -0.3 is 10.1 Å². The van der Waals surface area contributed by atoms with Crippen LogP contribution in [-0.2, 0) is 9.53 Å². The van der Waals surface area contributed by atoms with Crippen LogP contribution in [0.5, 0.6) is 0 Å². The molecule has 0 spiro atoms. The van der Waals surface area contributed by atoms with Crippen LogP contribution in [0.3, 0.4) is 0 Å². The van der Waals surface area contributed by atoms with Gasteiger partial charge in [0.25, 0.3) is 0 Å². The minimum atomic E-state index is -0.515. The van der Waals surface area contributed by atoms with E-state index in [0.29, 0.717) is 6.42 Å². The normalized spacial score (nSPS) is 16.2. The molecule has 0 bridgehead atoms. The molecule has 0 heterocycles. The van der Waals surface area contributed by atoms with Gasteiger partial charge in [0.2, 0.25) is 0 Å².